The normalized spacial score (nSPS) is 16.0. The Balaban J connectivity index is 1.47. The van der Waals surface area contributed by atoms with Gasteiger partial charge in [0.2, 0.25) is 5.91 Å². The second kappa shape index (κ2) is 13.0. The molecule has 2 aliphatic rings. The zero-order valence-electron chi connectivity index (χ0n) is 22.6. The van der Waals surface area contributed by atoms with Crippen molar-refractivity contribution in [2.45, 2.75) is 38.1 Å². The minimum atomic E-state index is -1.54. The molecule has 2 aliphatic heterocycles. The molecule has 2 aromatic rings. The number of esters is 1. The minimum Gasteiger partial charge on any atom is -0.489 e. The lowest BCUT2D eigenvalue weighted by molar-refractivity contribution is -0.147. The van der Waals surface area contributed by atoms with Crippen LogP contribution in [0.1, 0.15) is 52.0 Å². The third kappa shape index (κ3) is 7.13. The number of rotatable bonds is 7. The summed E-state index contributed by atoms with van der Waals surface area (Å²) in [6.07, 6.45) is 0.745. The van der Waals surface area contributed by atoms with E-state index in [1.54, 1.807) is 30.3 Å². The van der Waals surface area contributed by atoms with Crippen molar-refractivity contribution < 1.29 is 43.7 Å². The van der Waals surface area contributed by atoms with Crippen LogP contribution in [0.4, 0.5) is 5.69 Å². The number of nitrogens with zero attached hydrogens (tertiary/aromatic N) is 2. The largest absolute Gasteiger partial charge is 0.489 e. The molecule has 1 fully saturated rings. The Kier molecular flexibility index (Phi) is 9.25. The minimum absolute atomic E-state index is 0.0828. The lowest BCUT2D eigenvalue weighted by Gasteiger charge is -2.32. The number of aliphatic imine (C=N–C) groups is 1. The highest BCUT2D eigenvalue weighted by atomic mass is 16.6. The number of benzene rings is 2. The number of carboxylic acids is 2. The van der Waals surface area contributed by atoms with E-state index in [0.717, 1.165) is 0 Å². The van der Waals surface area contributed by atoms with Crippen molar-refractivity contribution in [1.29, 1.82) is 0 Å². The number of ether oxygens (including phenoxy) is 2. The first kappa shape index (κ1) is 29.8. The third-order valence-electron chi connectivity index (χ3n) is 6.96. The van der Waals surface area contributed by atoms with Crippen LogP contribution in [0.25, 0.3) is 0 Å². The van der Waals surface area contributed by atoms with Gasteiger partial charge in [-0.05, 0) is 61.6 Å². The van der Waals surface area contributed by atoms with E-state index in [4.69, 9.17) is 26.0 Å². The average molecular weight is 582 g/mol. The van der Waals surface area contributed by atoms with Crippen molar-refractivity contribution in [3.05, 3.63) is 53.1 Å². The first-order chi connectivity index (χ1) is 20.0. The lowest BCUT2D eigenvalue weighted by Crippen LogP contribution is -2.48. The molecule has 14 nitrogen and oxygen atoms in total. The molecular weight excluding hydrogens is 550 g/mol. The van der Waals surface area contributed by atoms with E-state index >= 15 is 0 Å². The Labute approximate surface area is 240 Å². The Bertz CT molecular complexity index is 1430. The summed E-state index contributed by atoms with van der Waals surface area (Å²) in [4.78, 5) is 67.0. The molecule has 0 radical (unpaired) electrons. The molecule has 4 rings (SSSR count). The van der Waals surface area contributed by atoms with E-state index in [1.165, 1.54) is 11.0 Å². The zero-order valence-corrected chi connectivity index (χ0v) is 22.6. The summed E-state index contributed by atoms with van der Waals surface area (Å²) in [7, 11) is 0. The molecule has 222 valence electrons. The maximum atomic E-state index is 13.5. The SMILES string of the molecule is NC(N)=Nc1ccc2c(c1)CCCOc1c(cccc1C(=O)N1CCC(C(=O)N[C@@H](CC(=O)O)C(=O)O)CC1)OC2=O. The summed E-state index contributed by atoms with van der Waals surface area (Å²) in [6.45, 7) is 0.620. The van der Waals surface area contributed by atoms with E-state index in [-0.39, 0.29) is 61.5 Å². The van der Waals surface area contributed by atoms with Crippen molar-refractivity contribution in [3.63, 3.8) is 0 Å². The highest BCUT2D eigenvalue weighted by molar-refractivity contribution is 5.99. The van der Waals surface area contributed by atoms with E-state index in [2.05, 4.69) is 10.3 Å². The van der Waals surface area contributed by atoms with E-state index in [9.17, 15) is 29.1 Å². The van der Waals surface area contributed by atoms with Crippen LogP contribution in [0.15, 0.2) is 41.4 Å². The van der Waals surface area contributed by atoms with Gasteiger partial charge in [0, 0.05) is 19.0 Å². The molecule has 7 N–H and O–H groups in total. The number of aryl methyl sites for hydroxylation is 1. The molecule has 0 spiro atoms. The number of guanidine groups is 1. The predicted octanol–water partition coefficient (Wildman–Crippen LogP) is 1.03. The number of aliphatic carboxylic acids is 2. The van der Waals surface area contributed by atoms with Crippen molar-refractivity contribution in [1.82, 2.24) is 10.2 Å². The van der Waals surface area contributed by atoms with Crippen LogP contribution in [-0.4, -0.2) is 76.5 Å². The first-order valence-electron chi connectivity index (χ1n) is 13.3. The summed E-state index contributed by atoms with van der Waals surface area (Å²) in [6, 6.07) is 8.02. The quantitative estimate of drug-likeness (QED) is 0.134. The van der Waals surface area contributed by atoms with Gasteiger partial charge in [0.15, 0.2) is 17.5 Å². The molecule has 2 aromatic carbocycles. The molecule has 0 aliphatic carbocycles. The molecule has 1 saturated heterocycles. The number of fused-ring (bicyclic) bond motifs is 2. The number of carbonyl (C=O) groups excluding carboxylic acids is 3. The number of nitrogens with one attached hydrogen (secondary N) is 1. The molecule has 1 atom stereocenters. The standard InChI is InChI=1S/C28H31N5O9/c29-28(30)31-17-6-7-18-16(13-17)3-2-12-41-23-19(4-1-5-21(23)42-27(18)40)25(37)33-10-8-15(9-11-33)24(36)32-20(26(38)39)14-22(34)35/h1,4-7,13,15,20H,2-3,8-12,14H2,(H,32,36)(H,34,35)(H,38,39)(H4,29,30,31)/t20-/m0/s1. The highest BCUT2D eigenvalue weighted by Gasteiger charge is 2.33. The van der Waals surface area contributed by atoms with E-state index in [1.807, 2.05) is 0 Å². The highest BCUT2D eigenvalue weighted by Crippen LogP contribution is 2.35. The number of piperidine rings is 1. The van der Waals surface area contributed by atoms with Crippen LogP contribution in [-0.2, 0) is 20.8 Å². The fraction of sp³-hybridized carbons (Fsp3) is 0.357. The Hall–Kier alpha value is -5.14. The van der Waals surface area contributed by atoms with Gasteiger partial charge in [-0.25, -0.2) is 14.6 Å². The number of carbonyl (C=O) groups is 5. The molecule has 2 amide bonds. The monoisotopic (exact) mass is 581 g/mol. The van der Waals surface area contributed by atoms with Gasteiger partial charge < -0.3 is 41.4 Å². The van der Waals surface area contributed by atoms with Gasteiger partial charge in [0.25, 0.3) is 5.91 Å². The maximum Gasteiger partial charge on any atom is 0.343 e. The van der Waals surface area contributed by atoms with Gasteiger partial charge in [-0.1, -0.05) is 6.07 Å². The van der Waals surface area contributed by atoms with Gasteiger partial charge in [-0.3, -0.25) is 14.4 Å². The van der Waals surface area contributed by atoms with Crippen LogP contribution >= 0.6 is 0 Å². The van der Waals surface area contributed by atoms with Crippen LogP contribution in [0.3, 0.4) is 0 Å². The van der Waals surface area contributed by atoms with Gasteiger partial charge in [-0.15, -0.1) is 0 Å². The predicted molar refractivity (Wildman–Crippen MR) is 148 cm³/mol. The first-order valence-corrected chi connectivity index (χ1v) is 13.3. The number of hydrogen-bond acceptors (Lipinski definition) is 8. The lowest BCUT2D eigenvalue weighted by atomic mass is 9.94. The van der Waals surface area contributed by atoms with Crippen LogP contribution < -0.4 is 26.3 Å². The molecule has 2 heterocycles. The third-order valence-corrected chi connectivity index (χ3v) is 6.96. The van der Waals surface area contributed by atoms with E-state index in [0.29, 0.717) is 29.7 Å². The summed E-state index contributed by atoms with van der Waals surface area (Å²) < 4.78 is 11.6. The van der Waals surface area contributed by atoms with Crippen molar-refractivity contribution in [2.75, 3.05) is 19.7 Å². The Morgan fingerprint density at radius 2 is 1.83 bits per heavy atom. The second-order valence-electron chi connectivity index (χ2n) is 9.92. The molecule has 0 bridgehead atoms. The van der Waals surface area contributed by atoms with E-state index < -0.39 is 42.2 Å². The van der Waals surface area contributed by atoms with Crippen LogP contribution in [0.5, 0.6) is 11.5 Å². The van der Waals surface area contributed by atoms with Gasteiger partial charge in [0.05, 0.1) is 29.8 Å². The van der Waals surface area contributed by atoms with Crippen LogP contribution in [0.2, 0.25) is 0 Å². The molecule has 0 saturated carbocycles. The molecule has 42 heavy (non-hydrogen) atoms. The number of para-hydroxylation sites is 1. The fourth-order valence-corrected chi connectivity index (χ4v) is 4.89. The second-order valence-corrected chi connectivity index (χ2v) is 9.92. The summed E-state index contributed by atoms with van der Waals surface area (Å²) in [5, 5.41) is 20.4. The molecule has 0 unspecified atom stereocenters. The molecular formula is C28H31N5O9. The van der Waals surface area contributed by atoms with Gasteiger partial charge >= 0.3 is 17.9 Å². The maximum absolute atomic E-state index is 13.5. The number of carboxylic acid groups (broad SMARTS) is 2. The summed E-state index contributed by atoms with van der Waals surface area (Å²) in [5.41, 5.74) is 12.6. The summed E-state index contributed by atoms with van der Waals surface area (Å²) in [5.74, 6) is -4.85. The fourth-order valence-electron chi connectivity index (χ4n) is 4.89. The smallest absolute Gasteiger partial charge is 0.343 e. The average Bonchev–Trinajstić information content (AvgIpc) is 2.94. The van der Waals surface area contributed by atoms with Crippen molar-refractivity contribution in [2.24, 2.45) is 22.4 Å². The number of nitrogens with two attached hydrogens (primary N) is 2. The Morgan fingerprint density at radius 3 is 2.50 bits per heavy atom. The summed E-state index contributed by atoms with van der Waals surface area (Å²) >= 11 is 0. The van der Waals surface area contributed by atoms with Gasteiger partial charge in [0.1, 0.15) is 6.04 Å². The van der Waals surface area contributed by atoms with Gasteiger partial charge in [-0.2, -0.15) is 0 Å². The molecule has 14 heteroatoms. The number of hydrogen-bond donors (Lipinski definition) is 5. The Morgan fingerprint density at radius 1 is 1.10 bits per heavy atom. The number of amides is 2. The zero-order chi connectivity index (χ0) is 30.4. The van der Waals surface area contributed by atoms with Crippen molar-refractivity contribution in [3.8, 4) is 11.5 Å². The van der Waals surface area contributed by atoms with Crippen LogP contribution in [0, 0.1) is 5.92 Å². The van der Waals surface area contributed by atoms with Crippen molar-refractivity contribution >= 4 is 41.4 Å². The number of likely N-dealkylation sites (tertiary alicyclic amines) is 1. The molecule has 0 aromatic heterocycles. The topological polar surface area (TPSA) is 224 Å².